The smallest absolute Gasteiger partial charge is 0.303 e. The number of thiazole rings is 1. The highest BCUT2D eigenvalue weighted by Gasteiger charge is 2.26. The molecule has 2 N–H and O–H groups in total. The molecule has 2 heterocycles. The summed E-state index contributed by atoms with van der Waals surface area (Å²) in [5.41, 5.74) is 0.807. The third-order valence-corrected chi connectivity index (χ3v) is 3.89. The lowest BCUT2D eigenvalue weighted by atomic mass is 10.2. The number of aromatic nitrogens is 1. The summed E-state index contributed by atoms with van der Waals surface area (Å²) < 4.78 is 5.58. The number of morpholine rings is 1. The second kappa shape index (κ2) is 6.31. The monoisotopic (exact) mass is 286 g/mol. The van der Waals surface area contributed by atoms with Gasteiger partial charge in [0.2, 0.25) is 0 Å². The van der Waals surface area contributed by atoms with E-state index in [0.29, 0.717) is 13.0 Å². The Morgan fingerprint density at radius 1 is 1.63 bits per heavy atom. The molecule has 1 aliphatic rings. The number of aliphatic hydroxyl groups excluding tert-OH is 1. The largest absolute Gasteiger partial charge is 0.481 e. The fourth-order valence-corrected chi connectivity index (χ4v) is 2.97. The number of aryl methyl sites for hydroxylation is 1. The number of anilines is 1. The molecule has 7 heteroatoms. The Bertz CT molecular complexity index is 437. The van der Waals surface area contributed by atoms with E-state index in [1.807, 2.05) is 12.3 Å². The molecule has 6 nitrogen and oxygen atoms in total. The van der Waals surface area contributed by atoms with Gasteiger partial charge in [-0.1, -0.05) is 0 Å². The van der Waals surface area contributed by atoms with Crippen molar-refractivity contribution in [3.63, 3.8) is 0 Å². The van der Waals surface area contributed by atoms with Crippen molar-refractivity contribution in [1.29, 1.82) is 0 Å². The SMILES string of the molecule is CC1CN(c2nc(CCC(=O)O)cs2)CC(CO)O1. The molecule has 0 amide bonds. The number of aliphatic carboxylic acids is 1. The van der Waals surface area contributed by atoms with E-state index in [1.54, 1.807) is 0 Å². The highest BCUT2D eigenvalue weighted by molar-refractivity contribution is 7.13. The van der Waals surface area contributed by atoms with Gasteiger partial charge in [-0.3, -0.25) is 4.79 Å². The topological polar surface area (TPSA) is 82.9 Å². The van der Waals surface area contributed by atoms with Gasteiger partial charge >= 0.3 is 5.97 Å². The fourth-order valence-electron chi connectivity index (χ4n) is 2.09. The Balaban J connectivity index is 1.99. The fraction of sp³-hybridized carbons (Fsp3) is 0.667. The Labute approximate surface area is 115 Å². The van der Waals surface area contributed by atoms with Crippen LogP contribution in [0, 0.1) is 0 Å². The molecule has 0 bridgehead atoms. The Morgan fingerprint density at radius 2 is 2.42 bits per heavy atom. The van der Waals surface area contributed by atoms with Crippen molar-refractivity contribution in [2.24, 2.45) is 0 Å². The molecule has 2 unspecified atom stereocenters. The number of ether oxygens (including phenoxy) is 1. The predicted octanol–water partition coefficient (Wildman–Crippen LogP) is 0.746. The van der Waals surface area contributed by atoms with Crippen LogP contribution in [-0.2, 0) is 16.0 Å². The Hall–Kier alpha value is -1.18. The van der Waals surface area contributed by atoms with Crippen LogP contribution < -0.4 is 4.90 Å². The number of hydrogen-bond donors (Lipinski definition) is 2. The summed E-state index contributed by atoms with van der Waals surface area (Å²) >= 11 is 1.51. The summed E-state index contributed by atoms with van der Waals surface area (Å²) in [5.74, 6) is -0.810. The van der Waals surface area contributed by atoms with E-state index in [4.69, 9.17) is 9.84 Å². The molecule has 2 atom stereocenters. The summed E-state index contributed by atoms with van der Waals surface area (Å²) in [4.78, 5) is 17.1. The van der Waals surface area contributed by atoms with E-state index >= 15 is 0 Å². The van der Waals surface area contributed by atoms with Crippen molar-refractivity contribution in [2.75, 3.05) is 24.6 Å². The lowest BCUT2D eigenvalue weighted by Crippen LogP contribution is -2.48. The number of carboxylic acids is 1. The van der Waals surface area contributed by atoms with E-state index in [9.17, 15) is 9.90 Å². The second-order valence-electron chi connectivity index (χ2n) is 4.67. The van der Waals surface area contributed by atoms with Gasteiger partial charge in [-0.25, -0.2) is 4.98 Å². The van der Waals surface area contributed by atoms with E-state index in [2.05, 4.69) is 9.88 Å². The third-order valence-electron chi connectivity index (χ3n) is 2.94. The maximum absolute atomic E-state index is 10.5. The number of hydrogen-bond acceptors (Lipinski definition) is 6. The average molecular weight is 286 g/mol. The van der Waals surface area contributed by atoms with Crippen molar-refractivity contribution in [3.05, 3.63) is 11.1 Å². The van der Waals surface area contributed by atoms with E-state index < -0.39 is 5.97 Å². The van der Waals surface area contributed by atoms with Gasteiger partial charge in [-0.15, -0.1) is 11.3 Å². The van der Waals surface area contributed by atoms with Gasteiger partial charge in [-0.05, 0) is 6.92 Å². The van der Waals surface area contributed by atoms with Crippen molar-refractivity contribution in [1.82, 2.24) is 4.98 Å². The molecule has 19 heavy (non-hydrogen) atoms. The molecule has 0 saturated carbocycles. The molecule has 1 aromatic rings. The summed E-state index contributed by atoms with van der Waals surface area (Å²) in [6.45, 7) is 3.32. The van der Waals surface area contributed by atoms with Gasteiger partial charge in [0.25, 0.3) is 0 Å². The van der Waals surface area contributed by atoms with Gasteiger partial charge in [0.15, 0.2) is 5.13 Å². The molecule has 2 rings (SSSR count). The van der Waals surface area contributed by atoms with Gasteiger partial charge < -0.3 is 19.8 Å². The van der Waals surface area contributed by atoms with E-state index in [-0.39, 0.29) is 25.2 Å². The highest BCUT2D eigenvalue weighted by atomic mass is 32.1. The maximum Gasteiger partial charge on any atom is 0.303 e. The van der Waals surface area contributed by atoms with Crippen LogP contribution in [0.25, 0.3) is 0 Å². The van der Waals surface area contributed by atoms with Crippen LogP contribution in [0.4, 0.5) is 5.13 Å². The molecular formula is C12H18N2O4S. The van der Waals surface area contributed by atoms with Crippen molar-refractivity contribution < 1.29 is 19.7 Å². The third kappa shape index (κ3) is 3.89. The predicted molar refractivity (Wildman–Crippen MR) is 71.7 cm³/mol. The first-order valence-corrected chi connectivity index (χ1v) is 7.14. The van der Waals surface area contributed by atoms with Crippen LogP contribution in [0.15, 0.2) is 5.38 Å². The first kappa shape index (κ1) is 14.2. The number of carboxylic acid groups (broad SMARTS) is 1. The van der Waals surface area contributed by atoms with Crippen molar-refractivity contribution >= 4 is 22.4 Å². The van der Waals surface area contributed by atoms with Gasteiger partial charge in [0, 0.05) is 24.9 Å². The quantitative estimate of drug-likeness (QED) is 0.831. The van der Waals surface area contributed by atoms with E-state index in [0.717, 1.165) is 17.4 Å². The number of carbonyl (C=O) groups is 1. The number of nitrogens with zero attached hydrogens (tertiary/aromatic N) is 2. The minimum atomic E-state index is -0.810. The van der Waals surface area contributed by atoms with Crippen LogP contribution in [0.5, 0.6) is 0 Å². The average Bonchev–Trinajstić information content (AvgIpc) is 2.84. The molecule has 0 aromatic carbocycles. The Kier molecular flexibility index (Phi) is 4.73. The lowest BCUT2D eigenvalue weighted by Gasteiger charge is -2.35. The minimum absolute atomic E-state index is 0.00190. The van der Waals surface area contributed by atoms with Gasteiger partial charge in [0.1, 0.15) is 0 Å². The van der Waals surface area contributed by atoms with Gasteiger partial charge in [0.05, 0.1) is 30.9 Å². The van der Waals surface area contributed by atoms with Gasteiger partial charge in [-0.2, -0.15) is 0 Å². The summed E-state index contributed by atoms with van der Waals surface area (Å²) in [6.07, 6.45) is 0.421. The molecule has 1 fully saturated rings. The van der Waals surface area contributed by atoms with Crippen LogP contribution in [0.2, 0.25) is 0 Å². The second-order valence-corrected chi connectivity index (χ2v) is 5.51. The molecule has 1 aliphatic heterocycles. The summed E-state index contributed by atoms with van der Waals surface area (Å²) in [6, 6.07) is 0. The normalized spacial score (nSPS) is 23.6. The van der Waals surface area contributed by atoms with E-state index in [1.165, 1.54) is 11.3 Å². The molecule has 0 aliphatic carbocycles. The van der Waals surface area contributed by atoms with Crippen molar-refractivity contribution in [3.8, 4) is 0 Å². The molecule has 1 aromatic heterocycles. The zero-order valence-corrected chi connectivity index (χ0v) is 11.6. The Morgan fingerprint density at radius 3 is 3.11 bits per heavy atom. The summed E-state index contributed by atoms with van der Waals surface area (Å²) in [7, 11) is 0. The lowest BCUT2D eigenvalue weighted by molar-refractivity contribution is -0.136. The first-order chi connectivity index (χ1) is 9.08. The molecule has 0 radical (unpaired) electrons. The number of rotatable bonds is 5. The van der Waals surface area contributed by atoms with Crippen LogP contribution in [0.1, 0.15) is 19.0 Å². The zero-order chi connectivity index (χ0) is 13.8. The highest BCUT2D eigenvalue weighted by Crippen LogP contribution is 2.24. The zero-order valence-electron chi connectivity index (χ0n) is 10.8. The van der Waals surface area contributed by atoms with Crippen LogP contribution >= 0.6 is 11.3 Å². The molecule has 1 saturated heterocycles. The first-order valence-electron chi connectivity index (χ1n) is 6.26. The van der Waals surface area contributed by atoms with Crippen LogP contribution in [0.3, 0.4) is 0 Å². The standard InChI is InChI=1S/C12H18N2O4S/c1-8-4-14(5-10(6-15)18-8)12-13-9(7-19-12)2-3-11(16)17/h7-8,10,15H,2-6H2,1H3,(H,16,17). The van der Waals surface area contributed by atoms with Crippen molar-refractivity contribution in [2.45, 2.75) is 32.0 Å². The minimum Gasteiger partial charge on any atom is -0.481 e. The molecular weight excluding hydrogens is 268 g/mol. The molecule has 0 spiro atoms. The number of aliphatic hydroxyl groups is 1. The van der Waals surface area contributed by atoms with Crippen LogP contribution in [-0.4, -0.2) is 53.1 Å². The maximum atomic E-state index is 10.5. The summed E-state index contributed by atoms with van der Waals surface area (Å²) in [5, 5.41) is 20.6. The molecule has 106 valence electrons.